The number of hydrogen-bond acceptors (Lipinski definition) is 7. The first-order valence-corrected chi connectivity index (χ1v) is 11.7. The first kappa shape index (κ1) is 23.9. The van der Waals surface area contributed by atoms with Crippen molar-refractivity contribution in [2.24, 2.45) is 5.92 Å². The number of aryl methyl sites for hydroxylation is 3. The Bertz CT molecular complexity index is 1070. The van der Waals surface area contributed by atoms with Gasteiger partial charge in [0.2, 0.25) is 5.82 Å². The molecule has 7 nitrogen and oxygen atoms in total. The molecule has 0 saturated heterocycles. The number of hydrogen-bond donors (Lipinski definition) is 2. The Morgan fingerprint density at radius 2 is 2.03 bits per heavy atom. The molecule has 3 aromatic rings. The van der Waals surface area contributed by atoms with Crippen LogP contribution in [0.15, 0.2) is 22.7 Å². The fourth-order valence-electron chi connectivity index (χ4n) is 3.54. The molecule has 8 heteroatoms. The maximum Gasteiger partial charge on any atom is 0.268 e. The van der Waals surface area contributed by atoms with Crippen LogP contribution >= 0.6 is 11.3 Å². The van der Waals surface area contributed by atoms with E-state index in [0.29, 0.717) is 23.4 Å². The fraction of sp³-hybridized carbons (Fsp3) is 0.458. The van der Waals surface area contributed by atoms with Gasteiger partial charge in [-0.05, 0) is 67.5 Å². The zero-order valence-electron chi connectivity index (χ0n) is 19.3. The molecule has 0 saturated carbocycles. The summed E-state index contributed by atoms with van der Waals surface area (Å²) in [6.45, 7) is 10.5. The average molecular weight is 458 g/mol. The quantitative estimate of drug-likeness (QED) is 0.470. The molecule has 0 atom stereocenters. The zero-order chi connectivity index (χ0) is 23.3. The molecule has 2 aromatic heterocycles. The van der Waals surface area contributed by atoms with E-state index in [4.69, 9.17) is 14.4 Å². The molecule has 32 heavy (non-hydrogen) atoms. The number of rotatable bonds is 10. The van der Waals surface area contributed by atoms with Crippen LogP contribution in [0.3, 0.4) is 0 Å². The van der Waals surface area contributed by atoms with Gasteiger partial charge < -0.3 is 19.7 Å². The molecule has 172 valence electrons. The van der Waals surface area contributed by atoms with Gasteiger partial charge in [-0.2, -0.15) is 4.98 Å². The van der Waals surface area contributed by atoms with E-state index >= 15 is 0 Å². The Labute approximate surface area is 192 Å². The number of aromatic nitrogens is 2. The van der Waals surface area contributed by atoms with E-state index in [1.807, 2.05) is 26.0 Å². The lowest BCUT2D eigenvalue weighted by Crippen LogP contribution is -2.31. The summed E-state index contributed by atoms with van der Waals surface area (Å²) in [5.41, 5.74) is 4.04. The Morgan fingerprint density at radius 1 is 1.25 bits per heavy atom. The van der Waals surface area contributed by atoms with Crippen LogP contribution < -0.4 is 10.1 Å². The molecular formula is C24H31N3O4S. The molecule has 0 unspecified atom stereocenters. The molecule has 2 N–H and O–H groups in total. The molecule has 1 amide bonds. The van der Waals surface area contributed by atoms with Crippen molar-refractivity contribution >= 4 is 17.2 Å². The van der Waals surface area contributed by atoms with Crippen molar-refractivity contribution in [1.29, 1.82) is 0 Å². The molecule has 0 aliphatic rings. The van der Waals surface area contributed by atoms with Gasteiger partial charge in [0.1, 0.15) is 5.75 Å². The summed E-state index contributed by atoms with van der Waals surface area (Å²) in [5.74, 6) is 2.06. The van der Waals surface area contributed by atoms with E-state index in [9.17, 15) is 4.79 Å². The van der Waals surface area contributed by atoms with Crippen LogP contribution in [0.1, 0.15) is 42.3 Å². The van der Waals surface area contributed by atoms with E-state index in [1.54, 1.807) is 11.3 Å². The maximum absolute atomic E-state index is 11.8. The van der Waals surface area contributed by atoms with Crippen LogP contribution in [0.4, 0.5) is 0 Å². The second kappa shape index (κ2) is 10.7. The van der Waals surface area contributed by atoms with Crippen LogP contribution in [-0.2, 0) is 17.6 Å². The van der Waals surface area contributed by atoms with E-state index in [0.717, 1.165) is 34.4 Å². The highest BCUT2D eigenvalue weighted by molar-refractivity contribution is 7.15. The lowest BCUT2D eigenvalue weighted by atomic mass is 10.0. The average Bonchev–Trinajstić information content (AvgIpc) is 3.37. The molecule has 0 aliphatic carbocycles. The number of ether oxygens (including phenoxy) is 1. The fourth-order valence-corrected chi connectivity index (χ4v) is 4.51. The molecular weight excluding hydrogens is 426 g/mol. The summed E-state index contributed by atoms with van der Waals surface area (Å²) < 4.78 is 11.4. The summed E-state index contributed by atoms with van der Waals surface area (Å²) in [7, 11) is 0. The Hall–Kier alpha value is -2.71. The highest BCUT2D eigenvalue weighted by Gasteiger charge is 2.18. The van der Waals surface area contributed by atoms with Gasteiger partial charge in [0.15, 0.2) is 6.61 Å². The van der Waals surface area contributed by atoms with Crippen molar-refractivity contribution in [1.82, 2.24) is 15.5 Å². The third kappa shape index (κ3) is 5.75. The van der Waals surface area contributed by atoms with Crippen LogP contribution in [-0.4, -0.2) is 40.9 Å². The minimum absolute atomic E-state index is 0.101. The molecule has 0 fully saturated rings. The van der Waals surface area contributed by atoms with Gasteiger partial charge in [0, 0.05) is 17.0 Å². The van der Waals surface area contributed by atoms with Crippen LogP contribution in [0.25, 0.3) is 22.2 Å². The molecule has 1 aromatic carbocycles. The highest BCUT2D eigenvalue weighted by Crippen LogP contribution is 2.34. The number of carbonyl (C=O) groups excluding carboxylic acids is 1. The predicted molar refractivity (Wildman–Crippen MR) is 126 cm³/mol. The second-order valence-corrected chi connectivity index (χ2v) is 9.47. The van der Waals surface area contributed by atoms with Gasteiger partial charge in [0.25, 0.3) is 11.8 Å². The van der Waals surface area contributed by atoms with Gasteiger partial charge in [0.05, 0.1) is 11.5 Å². The summed E-state index contributed by atoms with van der Waals surface area (Å²) in [5, 5.41) is 15.6. The monoisotopic (exact) mass is 457 g/mol. The van der Waals surface area contributed by atoms with Gasteiger partial charge in [-0.25, -0.2) is 0 Å². The predicted octanol–water partition coefficient (Wildman–Crippen LogP) is 4.33. The number of aliphatic hydroxyl groups excluding tert-OH is 1. The number of carbonyl (C=O) groups is 1. The minimum atomic E-state index is -0.268. The summed E-state index contributed by atoms with van der Waals surface area (Å²) in [4.78, 5) is 18.7. The number of nitrogens with zero attached hydrogens (tertiary/aromatic N) is 2. The van der Waals surface area contributed by atoms with E-state index in [-0.39, 0.29) is 25.7 Å². The third-order valence-corrected chi connectivity index (χ3v) is 6.14. The Balaban J connectivity index is 1.81. The van der Waals surface area contributed by atoms with E-state index in [2.05, 4.69) is 42.3 Å². The van der Waals surface area contributed by atoms with Gasteiger partial charge in [-0.1, -0.05) is 25.9 Å². The summed E-state index contributed by atoms with van der Waals surface area (Å²) >= 11 is 1.68. The lowest BCUT2D eigenvalue weighted by Gasteiger charge is -2.14. The SMILES string of the molecule is CCc1cc(-c2noc(-c3cc(CC(C)C)c(C)s3)n2)cc(C)c1OCC(=O)NCCO. The van der Waals surface area contributed by atoms with Crippen molar-refractivity contribution < 1.29 is 19.2 Å². The summed E-state index contributed by atoms with van der Waals surface area (Å²) in [6.07, 6.45) is 1.76. The Kier molecular flexibility index (Phi) is 8.04. The van der Waals surface area contributed by atoms with Crippen LogP contribution in [0.5, 0.6) is 5.75 Å². The van der Waals surface area contributed by atoms with Crippen molar-refractivity contribution in [3.63, 3.8) is 0 Å². The molecule has 0 bridgehead atoms. The van der Waals surface area contributed by atoms with E-state index in [1.165, 1.54) is 10.4 Å². The Morgan fingerprint density at radius 3 is 2.72 bits per heavy atom. The normalized spacial score (nSPS) is 11.2. The molecule has 0 aliphatic heterocycles. The molecule has 0 spiro atoms. The second-order valence-electron chi connectivity index (χ2n) is 8.21. The van der Waals surface area contributed by atoms with E-state index < -0.39 is 0 Å². The largest absolute Gasteiger partial charge is 0.483 e. The molecule has 3 rings (SSSR count). The lowest BCUT2D eigenvalue weighted by molar-refractivity contribution is -0.123. The van der Waals surface area contributed by atoms with Crippen molar-refractivity contribution in [2.45, 2.75) is 47.5 Å². The van der Waals surface area contributed by atoms with Crippen LogP contribution in [0, 0.1) is 19.8 Å². The highest BCUT2D eigenvalue weighted by atomic mass is 32.1. The van der Waals surface area contributed by atoms with Crippen molar-refractivity contribution in [3.8, 4) is 27.9 Å². The number of amides is 1. The standard InChI is InChI=1S/C24H31N3O4S/c1-6-17-11-19(10-15(4)22(17)30-13-21(29)25-7-8-28)23-26-24(31-27-23)20-12-18(9-14(2)3)16(5)32-20/h10-12,14,28H,6-9,13H2,1-5H3,(H,25,29). The van der Waals surface area contributed by atoms with Gasteiger partial charge in [-0.15, -0.1) is 11.3 Å². The van der Waals surface area contributed by atoms with Crippen molar-refractivity contribution in [3.05, 3.63) is 39.8 Å². The van der Waals surface area contributed by atoms with Gasteiger partial charge >= 0.3 is 0 Å². The third-order valence-electron chi connectivity index (χ3n) is 5.06. The number of aliphatic hydroxyl groups is 1. The maximum atomic E-state index is 11.8. The topological polar surface area (TPSA) is 97.5 Å². The van der Waals surface area contributed by atoms with Gasteiger partial charge in [-0.3, -0.25) is 4.79 Å². The smallest absolute Gasteiger partial charge is 0.268 e. The minimum Gasteiger partial charge on any atom is -0.483 e. The zero-order valence-corrected chi connectivity index (χ0v) is 20.1. The number of nitrogens with one attached hydrogen (secondary N) is 1. The first-order chi connectivity index (χ1) is 15.3. The first-order valence-electron chi connectivity index (χ1n) is 10.9. The number of thiophene rings is 1. The van der Waals surface area contributed by atoms with Crippen molar-refractivity contribution in [2.75, 3.05) is 19.8 Å². The molecule has 2 heterocycles. The summed E-state index contributed by atoms with van der Waals surface area (Å²) in [6, 6.07) is 6.07. The molecule has 0 radical (unpaired) electrons. The number of benzene rings is 1. The van der Waals surface area contributed by atoms with Crippen LogP contribution in [0.2, 0.25) is 0 Å².